The summed E-state index contributed by atoms with van der Waals surface area (Å²) in [7, 11) is 2.00. The summed E-state index contributed by atoms with van der Waals surface area (Å²) in [5, 5.41) is 20.5. The molecule has 1 aliphatic heterocycles. The normalized spacial score (nSPS) is 24.8. The van der Waals surface area contributed by atoms with Crippen LogP contribution in [0.2, 0.25) is 0 Å². The van der Waals surface area contributed by atoms with Crippen molar-refractivity contribution in [3.8, 4) is 0 Å². The SMILES string of the molecule is C=CC1=CN(CCO)[C@H]2C[C@@H]1[C@H](C(=O)O)c1c2n(C)c2ccccc12. The predicted molar refractivity (Wildman–Crippen MR) is 96.2 cm³/mol. The summed E-state index contributed by atoms with van der Waals surface area (Å²) < 4.78 is 2.12. The Kier molecular flexibility index (Phi) is 3.69. The molecule has 0 amide bonds. The van der Waals surface area contributed by atoms with Gasteiger partial charge < -0.3 is 19.7 Å². The van der Waals surface area contributed by atoms with Crippen molar-refractivity contribution in [2.45, 2.75) is 18.4 Å². The molecule has 0 spiro atoms. The van der Waals surface area contributed by atoms with E-state index in [1.807, 2.05) is 37.5 Å². The molecule has 25 heavy (non-hydrogen) atoms. The highest BCUT2D eigenvalue weighted by Gasteiger charge is 2.46. The third-order valence-electron chi connectivity index (χ3n) is 5.70. The van der Waals surface area contributed by atoms with E-state index in [1.165, 1.54) is 0 Å². The van der Waals surface area contributed by atoms with Crippen molar-refractivity contribution in [1.29, 1.82) is 0 Å². The lowest BCUT2D eigenvalue weighted by Crippen LogP contribution is -2.41. The topological polar surface area (TPSA) is 65.7 Å². The van der Waals surface area contributed by atoms with E-state index in [0.717, 1.165) is 34.2 Å². The quantitative estimate of drug-likeness (QED) is 0.900. The maximum atomic E-state index is 12.2. The van der Waals surface area contributed by atoms with Gasteiger partial charge in [-0.15, -0.1) is 0 Å². The molecule has 1 aromatic heterocycles. The smallest absolute Gasteiger partial charge is 0.311 e. The summed E-state index contributed by atoms with van der Waals surface area (Å²) >= 11 is 0. The molecule has 1 aliphatic carbocycles. The van der Waals surface area contributed by atoms with Gasteiger partial charge in [0.2, 0.25) is 0 Å². The van der Waals surface area contributed by atoms with E-state index >= 15 is 0 Å². The molecule has 2 N–H and O–H groups in total. The number of allylic oxidation sites excluding steroid dienone is 2. The molecule has 130 valence electrons. The zero-order chi connectivity index (χ0) is 17.7. The molecule has 2 aromatic rings. The standard InChI is InChI=1S/C20H22N2O3/c1-3-12-11-22(8-9-23)16-10-14(12)18(20(24)25)17-13-6-4-5-7-15(13)21(2)19(16)17/h3-7,11,14,16,18,23H,1,8-10H2,2H3,(H,24,25)/t14-,16-,18-/m0/s1. The van der Waals surface area contributed by atoms with Gasteiger partial charge in [0, 0.05) is 42.3 Å². The minimum Gasteiger partial charge on any atom is -0.481 e. The van der Waals surface area contributed by atoms with E-state index in [2.05, 4.69) is 16.0 Å². The highest BCUT2D eigenvalue weighted by Crippen LogP contribution is 2.53. The van der Waals surface area contributed by atoms with Crippen LogP contribution in [0.5, 0.6) is 0 Å². The molecule has 0 radical (unpaired) electrons. The van der Waals surface area contributed by atoms with Crippen molar-refractivity contribution in [1.82, 2.24) is 9.47 Å². The molecule has 5 nitrogen and oxygen atoms in total. The molecular formula is C20H22N2O3. The molecule has 0 fully saturated rings. The van der Waals surface area contributed by atoms with E-state index in [0.29, 0.717) is 6.54 Å². The van der Waals surface area contributed by atoms with Crippen LogP contribution in [0.1, 0.15) is 29.6 Å². The Morgan fingerprint density at radius 1 is 1.40 bits per heavy atom. The van der Waals surface area contributed by atoms with E-state index < -0.39 is 11.9 Å². The number of hydrogen-bond donors (Lipinski definition) is 2. The van der Waals surface area contributed by atoms with Crippen molar-refractivity contribution >= 4 is 16.9 Å². The third kappa shape index (κ3) is 2.15. The number of aliphatic carboxylic acids is 1. The van der Waals surface area contributed by atoms with Crippen LogP contribution in [0.4, 0.5) is 0 Å². The highest BCUT2D eigenvalue weighted by molar-refractivity contribution is 5.92. The zero-order valence-corrected chi connectivity index (χ0v) is 14.2. The lowest BCUT2D eigenvalue weighted by molar-refractivity contribution is -0.140. The first-order valence-electron chi connectivity index (χ1n) is 8.59. The van der Waals surface area contributed by atoms with Crippen LogP contribution in [0.15, 0.2) is 48.7 Å². The van der Waals surface area contributed by atoms with Gasteiger partial charge in [-0.3, -0.25) is 4.79 Å². The number of carboxylic acids is 1. The van der Waals surface area contributed by atoms with Gasteiger partial charge >= 0.3 is 5.97 Å². The van der Waals surface area contributed by atoms with Gasteiger partial charge in [0.25, 0.3) is 0 Å². The molecule has 4 rings (SSSR count). The number of carbonyl (C=O) groups is 1. The van der Waals surface area contributed by atoms with Crippen molar-refractivity contribution in [3.63, 3.8) is 0 Å². The Morgan fingerprint density at radius 2 is 2.16 bits per heavy atom. The first-order valence-corrected chi connectivity index (χ1v) is 8.59. The molecule has 2 heterocycles. The first-order chi connectivity index (χ1) is 12.1. The Bertz CT molecular complexity index is 896. The van der Waals surface area contributed by atoms with Crippen molar-refractivity contribution in [3.05, 3.63) is 60.0 Å². The number of aliphatic hydroxyl groups excluding tert-OH is 1. The van der Waals surface area contributed by atoms with Gasteiger partial charge in [0.15, 0.2) is 0 Å². The second-order valence-electron chi connectivity index (χ2n) is 6.84. The maximum absolute atomic E-state index is 12.2. The number of fused-ring (bicyclic) bond motifs is 6. The number of aliphatic hydroxyl groups is 1. The van der Waals surface area contributed by atoms with Crippen LogP contribution < -0.4 is 0 Å². The lowest BCUT2D eigenvalue weighted by atomic mass is 9.69. The number of aryl methyl sites for hydroxylation is 1. The second kappa shape index (κ2) is 5.77. The number of para-hydroxylation sites is 1. The fourth-order valence-electron chi connectivity index (χ4n) is 4.70. The van der Waals surface area contributed by atoms with Crippen LogP contribution in [-0.2, 0) is 11.8 Å². The maximum Gasteiger partial charge on any atom is 0.311 e. The number of β-amino-alcohol motifs (C(OH)–C–C–N with tert-alkyl or cyclic N) is 1. The minimum absolute atomic E-state index is 0.0593. The van der Waals surface area contributed by atoms with Crippen LogP contribution in [0.25, 0.3) is 10.9 Å². The van der Waals surface area contributed by atoms with Gasteiger partial charge in [-0.05, 0) is 23.6 Å². The highest BCUT2D eigenvalue weighted by atomic mass is 16.4. The van der Waals surface area contributed by atoms with E-state index in [9.17, 15) is 15.0 Å². The monoisotopic (exact) mass is 338 g/mol. The summed E-state index contributed by atoms with van der Waals surface area (Å²) in [5.74, 6) is -1.45. The fraction of sp³-hybridized carbons (Fsp3) is 0.350. The molecular weight excluding hydrogens is 316 g/mol. The molecule has 5 heteroatoms. The Morgan fingerprint density at radius 3 is 2.84 bits per heavy atom. The van der Waals surface area contributed by atoms with Gasteiger partial charge in [-0.1, -0.05) is 30.9 Å². The Hall–Kier alpha value is -2.53. The minimum atomic E-state index is -0.788. The summed E-state index contributed by atoms with van der Waals surface area (Å²) in [6.07, 6.45) is 4.47. The largest absolute Gasteiger partial charge is 0.481 e. The van der Waals surface area contributed by atoms with Gasteiger partial charge in [-0.25, -0.2) is 0 Å². The van der Waals surface area contributed by atoms with Crippen LogP contribution >= 0.6 is 0 Å². The number of rotatable bonds is 4. The van der Waals surface area contributed by atoms with Crippen molar-refractivity contribution in [2.75, 3.05) is 13.2 Å². The molecule has 2 bridgehead atoms. The molecule has 2 aliphatic rings. The Balaban J connectivity index is 2.03. The first kappa shape index (κ1) is 16.0. The summed E-state index contributed by atoms with van der Waals surface area (Å²) in [5.41, 5.74) is 3.96. The number of hydrogen-bond acceptors (Lipinski definition) is 3. The molecule has 0 unspecified atom stereocenters. The van der Waals surface area contributed by atoms with Crippen LogP contribution in [0, 0.1) is 5.92 Å². The average Bonchev–Trinajstić information content (AvgIpc) is 2.90. The summed E-state index contributed by atoms with van der Waals surface area (Å²) in [4.78, 5) is 14.3. The van der Waals surface area contributed by atoms with Gasteiger partial charge in [-0.2, -0.15) is 0 Å². The Labute approximate surface area is 146 Å². The number of nitrogens with zero attached hydrogens (tertiary/aromatic N) is 2. The molecule has 1 aromatic carbocycles. The van der Waals surface area contributed by atoms with Gasteiger partial charge in [0.05, 0.1) is 18.6 Å². The summed E-state index contributed by atoms with van der Waals surface area (Å²) in [6, 6.07) is 8.06. The van der Waals surface area contributed by atoms with Crippen LogP contribution in [0.3, 0.4) is 0 Å². The average molecular weight is 338 g/mol. The number of carboxylic acid groups (broad SMARTS) is 1. The molecule has 0 saturated heterocycles. The number of benzene rings is 1. The van der Waals surface area contributed by atoms with Crippen molar-refractivity contribution < 1.29 is 15.0 Å². The molecule has 0 saturated carbocycles. The predicted octanol–water partition coefficient (Wildman–Crippen LogP) is 2.79. The second-order valence-corrected chi connectivity index (χ2v) is 6.84. The number of aromatic nitrogens is 1. The lowest BCUT2D eigenvalue weighted by Gasteiger charge is -2.45. The third-order valence-corrected chi connectivity index (χ3v) is 5.70. The zero-order valence-electron chi connectivity index (χ0n) is 14.2. The van der Waals surface area contributed by atoms with E-state index in [-0.39, 0.29) is 18.6 Å². The van der Waals surface area contributed by atoms with Crippen LogP contribution in [-0.4, -0.2) is 38.8 Å². The van der Waals surface area contributed by atoms with E-state index in [4.69, 9.17) is 0 Å². The molecule has 3 atom stereocenters. The van der Waals surface area contributed by atoms with Crippen molar-refractivity contribution in [2.24, 2.45) is 13.0 Å². The van der Waals surface area contributed by atoms with Gasteiger partial charge in [0.1, 0.15) is 0 Å². The summed E-state index contributed by atoms with van der Waals surface area (Å²) in [6.45, 7) is 4.47. The van der Waals surface area contributed by atoms with E-state index in [1.54, 1.807) is 6.08 Å². The fourth-order valence-corrected chi connectivity index (χ4v) is 4.70.